The van der Waals surface area contributed by atoms with Crippen LogP contribution in [0.5, 0.6) is 0 Å². The highest BCUT2D eigenvalue weighted by Gasteiger charge is 2.21. The van der Waals surface area contributed by atoms with Crippen LogP contribution in [0.2, 0.25) is 5.28 Å². The van der Waals surface area contributed by atoms with Crippen molar-refractivity contribution in [2.75, 3.05) is 5.32 Å². The van der Waals surface area contributed by atoms with Gasteiger partial charge in [0.25, 0.3) is 0 Å². The van der Waals surface area contributed by atoms with Crippen LogP contribution in [0.15, 0.2) is 10.7 Å². The first kappa shape index (κ1) is 12.1. The standard InChI is InChI=1S/C10H13BrClN3O/c11-8-5-13-10(12)15-9(8)14-6-2-1-3-7(16)4-6/h5-7,16H,1-4H2,(H,13,14,15)/t6-,7-/m1/s1. The third-order valence-corrected chi connectivity index (χ3v) is 3.46. The summed E-state index contributed by atoms with van der Waals surface area (Å²) < 4.78 is 0.789. The first-order chi connectivity index (χ1) is 7.65. The van der Waals surface area contributed by atoms with Gasteiger partial charge >= 0.3 is 0 Å². The molecule has 2 atom stereocenters. The fourth-order valence-corrected chi connectivity index (χ4v) is 2.37. The van der Waals surface area contributed by atoms with Gasteiger partial charge in [-0.15, -0.1) is 0 Å². The van der Waals surface area contributed by atoms with E-state index in [1.807, 2.05) is 0 Å². The molecule has 0 bridgehead atoms. The number of halogens is 2. The molecule has 0 aromatic carbocycles. The van der Waals surface area contributed by atoms with E-state index in [1.54, 1.807) is 6.20 Å². The lowest BCUT2D eigenvalue weighted by molar-refractivity contribution is 0.124. The average molecular weight is 307 g/mol. The van der Waals surface area contributed by atoms with Crippen LogP contribution in [-0.2, 0) is 0 Å². The Bertz CT molecular complexity index is 377. The van der Waals surface area contributed by atoms with Gasteiger partial charge in [-0.2, -0.15) is 4.98 Å². The number of nitrogens with zero attached hydrogens (tertiary/aromatic N) is 2. The summed E-state index contributed by atoms with van der Waals surface area (Å²) in [5.74, 6) is 0.694. The Labute approximate surface area is 108 Å². The van der Waals surface area contributed by atoms with Crippen molar-refractivity contribution in [3.05, 3.63) is 16.0 Å². The average Bonchev–Trinajstić information content (AvgIpc) is 2.24. The number of rotatable bonds is 2. The highest BCUT2D eigenvalue weighted by atomic mass is 79.9. The summed E-state index contributed by atoms with van der Waals surface area (Å²) in [6.07, 6.45) is 5.15. The molecule has 1 aliphatic rings. The van der Waals surface area contributed by atoms with E-state index < -0.39 is 0 Å². The summed E-state index contributed by atoms with van der Waals surface area (Å²) in [5, 5.41) is 13.1. The summed E-state index contributed by atoms with van der Waals surface area (Å²) in [5.41, 5.74) is 0. The van der Waals surface area contributed by atoms with Gasteiger partial charge in [0.1, 0.15) is 5.82 Å². The van der Waals surface area contributed by atoms with Crippen molar-refractivity contribution in [3.63, 3.8) is 0 Å². The number of aliphatic hydroxyl groups excluding tert-OH is 1. The number of aromatic nitrogens is 2. The summed E-state index contributed by atoms with van der Waals surface area (Å²) in [4.78, 5) is 7.97. The minimum absolute atomic E-state index is 0.206. The van der Waals surface area contributed by atoms with Crippen LogP contribution in [0.1, 0.15) is 25.7 Å². The van der Waals surface area contributed by atoms with E-state index >= 15 is 0 Å². The Hall–Kier alpha value is -0.390. The van der Waals surface area contributed by atoms with E-state index in [2.05, 4.69) is 31.2 Å². The molecule has 16 heavy (non-hydrogen) atoms. The van der Waals surface area contributed by atoms with Crippen molar-refractivity contribution in [3.8, 4) is 0 Å². The second-order valence-corrected chi connectivity index (χ2v) is 5.19. The molecule has 0 radical (unpaired) electrons. The highest BCUT2D eigenvalue weighted by Crippen LogP contribution is 2.25. The van der Waals surface area contributed by atoms with Crippen molar-refractivity contribution in [2.24, 2.45) is 0 Å². The van der Waals surface area contributed by atoms with Crippen molar-refractivity contribution < 1.29 is 5.11 Å². The monoisotopic (exact) mass is 305 g/mol. The molecule has 0 amide bonds. The molecule has 2 rings (SSSR count). The molecule has 1 aromatic rings. The van der Waals surface area contributed by atoms with E-state index in [4.69, 9.17) is 11.6 Å². The van der Waals surface area contributed by atoms with Crippen LogP contribution >= 0.6 is 27.5 Å². The second kappa shape index (κ2) is 5.29. The van der Waals surface area contributed by atoms with Crippen LogP contribution in [0.3, 0.4) is 0 Å². The Morgan fingerprint density at radius 3 is 3.06 bits per heavy atom. The molecule has 2 N–H and O–H groups in total. The molecule has 0 saturated heterocycles. The van der Waals surface area contributed by atoms with Crippen molar-refractivity contribution in [1.82, 2.24) is 9.97 Å². The molecule has 1 heterocycles. The molecule has 1 saturated carbocycles. The molecule has 6 heteroatoms. The fraction of sp³-hybridized carbons (Fsp3) is 0.600. The van der Waals surface area contributed by atoms with Crippen LogP contribution in [0, 0.1) is 0 Å². The first-order valence-corrected chi connectivity index (χ1v) is 6.45. The zero-order valence-electron chi connectivity index (χ0n) is 8.66. The number of nitrogens with one attached hydrogen (secondary N) is 1. The first-order valence-electron chi connectivity index (χ1n) is 5.28. The van der Waals surface area contributed by atoms with Gasteiger partial charge in [0.05, 0.1) is 10.6 Å². The molecule has 0 aliphatic heterocycles. The lowest BCUT2D eigenvalue weighted by Gasteiger charge is -2.27. The Balaban J connectivity index is 2.05. The van der Waals surface area contributed by atoms with E-state index in [9.17, 15) is 5.11 Å². The Kier molecular flexibility index (Phi) is 4.00. The van der Waals surface area contributed by atoms with Gasteiger partial charge in [0.15, 0.2) is 0 Å². The van der Waals surface area contributed by atoms with Gasteiger partial charge in [0.2, 0.25) is 5.28 Å². The quantitative estimate of drug-likeness (QED) is 0.825. The maximum atomic E-state index is 9.57. The van der Waals surface area contributed by atoms with E-state index in [0.29, 0.717) is 5.82 Å². The van der Waals surface area contributed by atoms with Crippen LogP contribution in [0.25, 0.3) is 0 Å². The van der Waals surface area contributed by atoms with Gasteiger partial charge in [-0.05, 0) is 53.2 Å². The van der Waals surface area contributed by atoms with Gasteiger partial charge in [-0.3, -0.25) is 0 Å². The largest absolute Gasteiger partial charge is 0.393 e. The lowest BCUT2D eigenvalue weighted by Crippen LogP contribution is -2.30. The fourth-order valence-electron chi connectivity index (χ4n) is 1.94. The van der Waals surface area contributed by atoms with E-state index in [0.717, 1.165) is 30.2 Å². The van der Waals surface area contributed by atoms with Crippen LogP contribution in [0.4, 0.5) is 5.82 Å². The predicted octanol–water partition coefficient (Wildman–Crippen LogP) is 2.61. The SMILES string of the molecule is O[C@@H]1CCC[C@@H](Nc2nc(Cl)ncc2Br)C1. The molecular formula is C10H13BrClN3O. The van der Waals surface area contributed by atoms with E-state index in [-0.39, 0.29) is 17.4 Å². The van der Waals surface area contributed by atoms with E-state index in [1.165, 1.54) is 0 Å². The van der Waals surface area contributed by atoms with Gasteiger partial charge in [-0.25, -0.2) is 4.98 Å². The lowest BCUT2D eigenvalue weighted by atomic mass is 9.93. The van der Waals surface area contributed by atoms with Crippen LogP contribution < -0.4 is 5.32 Å². The number of hydrogen-bond acceptors (Lipinski definition) is 4. The number of hydrogen-bond donors (Lipinski definition) is 2. The van der Waals surface area contributed by atoms with Gasteiger partial charge < -0.3 is 10.4 Å². The Morgan fingerprint density at radius 1 is 1.50 bits per heavy atom. The molecule has 1 fully saturated rings. The normalized spacial score (nSPS) is 25.4. The molecule has 0 spiro atoms. The van der Waals surface area contributed by atoms with Crippen LogP contribution in [-0.4, -0.2) is 27.2 Å². The second-order valence-electron chi connectivity index (χ2n) is 4.00. The van der Waals surface area contributed by atoms with Crippen molar-refractivity contribution in [2.45, 2.75) is 37.8 Å². The number of anilines is 1. The topological polar surface area (TPSA) is 58.0 Å². The molecule has 0 unspecified atom stereocenters. The maximum absolute atomic E-state index is 9.57. The number of aliphatic hydroxyl groups is 1. The van der Waals surface area contributed by atoms with Gasteiger partial charge in [-0.1, -0.05) is 0 Å². The summed E-state index contributed by atoms with van der Waals surface area (Å²) >= 11 is 9.09. The predicted molar refractivity (Wildman–Crippen MR) is 66.6 cm³/mol. The minimum Gasteiger partial charge on any atom is -0.393 e. The third-order valence-electron chi connectivity index (χ3n) is 2.70. The Morgan fingerprint density at radius 2 is 2.31 bits per heavy atom. The minimum atomic E-state index is -0.206. The van der Waals surface area contributed by atoms with Gasteiger partial charge in [0, 0.05) is 12.2 Å². The summed E-state index contributed by atoms with van der Waals surface area (Å²) in [6, 6.07) is 0.256. The molecular weight excluding hydrogens is 293 g/mol. The summed E-state index contributed by atoms with van der Waals surface area (Å²) in [7, 11) is 0. The van der Waals surface area contributed by atoms with Crippen molar-refractivity contribution >= 4 is 33.3 Å². The molecule has 88 valence electrons. The highest BCUT2D eigenvalue weighted by molar-refractivity contribution is 9.10. The third kappa shape index (κ3) is 3.06. The molecule has 4 nitrogen and oxygen atoms in total. The zero-order valence-corrected chi connectivity index (χ0v) is 11.0. The maximum Gasteiger partial charge on any atom is 0.224 e. The zero-order chi connectivity index (χ0) is 11.5. The smallest absolute Gasteiger partial charge is 0.224 e. The van der Waals surface area contributed by atoms with Crippen molar-refractivity contribution in [1.29, 1.82) is 0 Å². The summed E-state index contributed by atoms with van der Waals surface area (Å²) in [6.45, 7) is 0. The molecule has 1 aliphatic carbocycles. The molecule has 1 aromatic heterocycles.